The summed E-state index contributed by atoms with van der Waals surface area (Å²) in [5, 5.41) is 0.189. The molecule has 5 nitrogen and oxygen atoms in total. The van der Waals surface area contributed by atoms with Crippen molar-refractivity contribution in [3.8, 4) is 0 Å². The van der Waals surface area contributed by atoms with Gasteiger partial charge in [0, 0.05) is 14.1 Å². The van der Waals surface area contributed by atoms with Crippen LogP contribution in [-0.4, -0.2) is 33.3 Å². The Balaban J connectivity index is 2.31. The van der Waals surface area contributed by atoms with Gasteiger partial charge in [0.1, 0.15) is 0 Å². The van der Waals surface area contributed by atoms with Crippen molar-refractivity contribution >= 4 is 33.2 Å². The maximum atomic E-state index is 12.5. The lowest BCUT2D eigenvalue weighted by Gasteiger charge is -2.13. The van der Waals surface area contributed by atoms with Gasteiger partial charge in [-0.05, 0) is 55.3 Å². The number of benzene rings is 2. The Morgan fingerprint density at radius 1 is 1.04 bits per heavy atom. The third-order valence-corrected chi connectivity index (χ3v) is 5.34. The van der Waals surface area contributed by atoms with Crippen LogP contribution in [0, 0.1) is 13.8 Å². The molecule has 0 aliphatic carbocycles. The quantitative estimate of drug-likeness (QED) is 0.901. The minimum absolute atomic E-state index is 0.176. The molecule has 128 valence electrons. The van der Waals surface area contributed by atoms with E-state index in [1.807, 2.05) is 13.8 Å². The second kappa shape index (κ2) is 6.83. The van der Waals surface area contributed by atoms with Crippen LogP contribution >= 0.6 is 11.6 Å². The van der Waals surface area contributed by atoms with Crippen molar-refractivity contribution in [2.45, 2.75) is 18.7 Å². The van der Waals surface area contributed by atoms with Crippen molar-refractivity contribution in [2.24, 2.45) is 0 Å². The van der Waals surface area contributed by atoms with E-state index in [0.29, 0.717) is 11.3 Å². The first kappa shape index (κ1) is 18.3. The first-order chi connectivity index (χ1) is 11.1. The smallest absolute Gasteiger partial charge is 0.261 e. The maximum absolute atomic E-state index is 12.5. The standard InChI is InChI=1S/C17H19ClN2O3S/c1-11-5-7-14(9-12(11)2)24(22,23)19-13-6-8-15(16(18)10-13)17(21)20(3)4/h5-10,19H,1-4H3. The summed E-state index contributed by atoms with van der Waals surface area (Å²) in [5.41, 5.74) is 2.52. The van der Waals surface area contributed by atoms with E-state index >= 15 is 0 Å². The Kier molecular flexibility index (Phi) is 5.20. The number of nitrogens with one attached hydrogen (secondary N) is 1. The molecule has 2 aromatic carbocycles. The van der Waals surface area contributed by atoms with Gasteiger partial charge in [0.05, 0.1) is 21.2 Å². The number of carbonyl (C=O) groups excluding carboxylic acids is 1. The highest BCUT2D eigenvalue weighted by atomic mass is 35.5. The van der Waals surface area contributed by atoms with Gasteiger partial charge in [-0.15, -0.1) is 0 Å². The molecule has 2 aromatic rings. The predicted molar refractivity (Wildman–Crippen MR) is 96.2 cm³/mol. The molecule has 0 saturated carbocycles. The summed E-state index contributed by atoms with van der Waals surface area (Å²) in [6, 6.07) is 9.37. The SMILES string of the molecule is Cc1ccc(S(=O)(=O)Nc2ccc(C(=O)N(C)C)c(Cl)c2)cc1C. The molecule has 0 aliphatic heterocycles. The molecule has 0 fully saturated rings. The van der Waals surface area contributed by atoms with Gasteiger partial charge in [-0.2, -0.15) is 0 Å². The number of hydrogen-bond acceptors (Lipinski definition) is 3. The Morgan fingerprint density at radius 2 is 1.71 bits per heavy atom. The van der Waals surface area contributed by atoms with Crippen LogP contribution in [0.4, 0.5) is 5.69 Å². The number of amides is 1. The van der Waals surface area contributed by atoms with E-state index in [4.69, 9.17) is 11.6 Å². The zero-order valence-corrected chi connectivity index (χ0v) is 15.5. The Bertz CT molecular complexity index is 893. The normalized spacial score (nSPS) is 11.2. The number of halogens is 1. The van der Waals surface area contributed by atoms with Crippen LogP contribution < -0.4 is 4.72 Å². The molecule has 0 aliphatic rings. The van der Waals surface area contributed by atoms with Crippen LogP contribution in [-0.2, 0) is 10.0 Å². The summed E-state index contributed by atoms with van der Waals surface area (Å²) in [4.78, 5) is 13.5. The highest BCUT2D eigenvalue weighted by molar-refractivity contribution is 7.92. The molecule has 0 aromatic heterocycles. The molecule has 0 bridgehead atoms. The lowest BCUT2D eigenvalue weighted by molar-refractivity contribution is 0.0828. The van der Waals surface area contributed by atoms with Crippen LogP contribution in [0.25, 0.3) is 0 Å². The molecule has 0 radical (unpaired) electrons. The largest absolute Gasteiger partial charge is 0.345 e. The van der Waals surface area contributed by atoms with E-state index in [-0.39, 0.29) is 15.8 Å². The van der Waals surface area contributed by atoms with Crippen LogP contribution in [0.3, 0.4) is 0 Å². The highest BCUT2D eigenvalue weighted by Gasteiger charge is 2.17. The van der Waals surface area contributed by atoms with Gasteiger partial charge in [0.2, 0.25) is 0 Å². The molecule has 0 saturated heterocycles. The van der Waals surface area contributed by atoms with Crippen LogP contribution in [0.2, 0.25) is 5.02 Å². The van der Waals surface area contributed by atoms with Gasteiger partial charge in [-0.3, -0.25) is 9.52 Å². The lowest BCUT2D eigenvalue weighted by Crippen LogP contribution is -2.22. The molecule has 0 heterocycles. The van der Waals surface area contributed by atoms with E-state index < -0.39 is 10.0 Å². The van der Waals surface area contributed by atoms with Gasteiger partial charge < -0.3 is 4.90 Å². The van der Waals surface area contributed by atoms with Gasteiger partial charge in [0.25, 0.3) is 15.9 Å². The monoisotopic (exact) mass is 366 g/mol. The molecule has 1 N–H and O–H groups in total. The van der Waals surface area contributed by atoms with Gasteiger partial charge >= 0.3 is 0 Å². The molecule has 0 spiro atoms. The Morgan fingerprint density at radius 3 is 2.25 bits per heavy atom. The van der Waals surface area contributed by atoms with Gasteiger partial charge in [-0.1, -0.05) is 17.7 Å². The van der Waals surface area contributed by atoms with E-state index in [0.717, 1.165) is 11.1 Å². The molecule has 2 rings (SSSR count). The van der Waals surface area contributed by atoms with E-state index in [2.05, 4.69) is 4.72 Å². The number of sulfonamides is 1. The average Bonchev–Trinajstić information content (AvgIpc) is 2.49. The summed E-state index contributed by atoms with van der Waals surface area (Å²) < 4.78 is 27.4. The number of hydrogen-bond donors (Lipinski definition) is 1. The Labute approximate surface area is 147 Å². The number of nitrogens with zero attached hydrogens (tertiary/aromatic N) is 1. The summed E-state index contributed by atoms with van der Waals surface area (Å²) in [5.74, 6) is -0.247. The molecule has 1 amide bonds. The van der Waals surface area contributed by atoms with Crippen LogP contribution in [0.1, 0.15) is 21.5 Å². The van der Waals surface area contributed by atoms with E-state index in [9.17, 15) is 13.2 Å². The maximum Gasteiger partial charge on any atom is 0.261 e. The zero-order valence-electron chi connectivity index (χ0n) is 13.9. The number of carbonyl (C=O) groups is 1. The number of anilines is 1. The van der Waals surface area contributed by atoms with Gasteiger partial charge in [0.15, 0.2) is 0 Å². The van der Waals surface area contributed by atoms with Crippen molar-refractivity contribution < 1.29 is 13.2 Å². The van der Waals surface area contributed by atoms with E-state index in [1.165, 1.54) is 23.1 Å². The molecule has 0 unspecified atom stereocenters. The fourth-order valence-corrected chi connectivity index (χ4v) is 3.48. The third-order valence-electron chi connectivity index (χ3n) is 3.65. The highest BCUT2D eigenvalue weighted by Crippen LogP contribution is 2.24. The number of aryl methyl sites for hydroxylation is 2. The first-order valence-electron chi connectivity index (χ1n) is 7.23. The fraction of sp³-hybridized carbons (Fsp3) is 0.235. The van der Waals surface area contributed by atoms with E-state index in [1.54, 1.807) is 32.3 Å². The summed E-state index contributed by atoms with van der Waals surface area (Å²) in [6.45, 7) is 3.77. The van der Waals surface area contributed by atoms with Crippen molar-refractivity contribution in [3.05, 3.63) is 58.1 Å². The summed E-state index contributed by atoms with van der Waals surface area (Å²) in [7, 11) is -0.483. The van der Waals surface area contributed by atoms with Crippen LogP contribution in [0.5, 0.6) is 0 Å². The summed E-state index contributed by atoms with van der Waals surface area (Å²) >= 11 is 6.11. The molecule has 0 atom stereocenters. The predicted octanol–water partition coefficient (Wildman–Crippen LogP) is 3.46. The lowest BCUT2D eigenvalue weighted by atomic mass is 10.1. The summed E-state index contributed by atoms with van der Waals surface area (Å²) in [6.07, 6.45) is 0. The molecule has 7 heteroatoms. The molecule has 24 heavy (non-hydrogen) atoms. The number of rotatable bonds is 4. The molecular formula is C17H19ClN2O3S. The van der Waals surface area contributed by atoms with Crippen LogP contribution in [0.15, 0.2) is 41.3 Å². The minimum Gasteiger partial charge on any atom is -0.345 e. The zero-order chi connectivity index (χ0) is 18.1. The van der Waals surface area contributed by atoms with Gasteiger partial charge in [-0.25, -0.2) is 8.42 Å². The average molecular weight is 367 g/mol. The van der Waals surface area contributed by atoms with Crippen molar-refractivity contribution in [3.63, 3.8) is 0 Å². The van der Waals surface area contributed by atoms with Crippen molar-refractivity contribution in [1.82, 2.24) is 4.90 Å². The minimum atomic E-state index is -3.72. The van der Waals surface area contributed by atoms with Crippen molar-refractivity contribution in [2.75, 3.05) is 18.8 Å². The topological polar surface area (TPSA) is 66.5 Å². The third kappa shape index (κ3) is 3.88. The van der Waals surface area contributed by atoms with Crippen molar-refractivity contribution in [1.29, 1.82) is 0 Å². The second-order valence-corrected chi connectivity index (χ2v) is 7.84. The first-order valence-corrected chi connectivity index (χ1v) is 9.09. The Hall–Kier alpha value is -2.05. The fourth-order valence-electron chi connectivity index (χ4n) is 2.09. The second-order valence-electron chi connectivity index (χ2n) is 5.75. The molecular weight excluding hydrogens is 348 g/mol.